The van der Waals surface area contributed by atoms with Gasteiger partial charge in [-0.05, 0) is 37.6 Å². The molecule has 2 N–H and O–H groups in total. The summed E-state index contributed by atoms with van der Waals surface area (Å²) in [5.41, 5.74) is 4.12. The number of aryl methyl sites for hydroxylation is 1. The fourth-order valence-corrected chi connectivity index (χ4v) is 2.06. The van der Waals surface area contributed by atoms with Gasteiger partial charge in [0, 0.05) is 24.3 Å². The average Bonchev–Trinajstić information content (AvgIpc) is 2.46. The lowest BCUT2D eigenvalue weighted by Crippen LogP contribution is -2.22. The van der Waals surface area contributed by atoms with Gasteiger partial charge in [0.05, 0.1) is 0 Å². The van der Waals surface area contributed by atoms with Crippen LogP contribution in [0.5, 0.6) is 0 Å². The molecule has 0 unspecified atom stereocenters. The molecule has 0 saturated heterocycles. The molecular formula is C17H20N2O. The third kappa shape index (κ3) is 3.85. The predicted octanol–water partition coefficient (Wildman–Crippen LogP) is 3.36. The first-order chi connectivity index (χ1) is 9.69. The molecule has 1 amide bonds. The van der Waals surface area contributed by atoms with Crippen molar-refractivity contribution >= 4 is 11.6 Å². The Morgan fingerprint density at radius 1 is 1.10 bits per heavy atom. The van der Waals surface area contributed by atoms with E-state index in [2.05, 4.69) is 41.8 Å². The normalized spacial score (nSPS) is 10.1. The van der Waals surface area contributed by atoms with Crippen LogP contribution in [0.1, 0.15) is 28.4 Å². The number of hydrogen-bond donors (Lipinski definition) is 2. The molecule has 0 aliphatic rings. The van der Waals surface area contributed by atoms with E-state index < -0.39 is 0 Å². The van der Waals surface area contributed by atoms with Crippen LogP contribution in [-0.4, -0.2) is 12.5 Å². The van der Waals surface area contributed by atoms with Crippen molar-refractivity contribution in [1.82, 2.24) is 5.32 Å². The van der Waals surface area contributed by atoms with Crippen molar-refractivity contribution in [3.63, 3.8) is 0 Å². The summed E-state index contributed by atoms with van der Waals surface area (Å²) in [6.45, 7) is 5.39. The van der Waals surface area contributed by atoms with E-state index >= 15 is 0 Å². The third-order valence-corrected chi connectivity index (χ3v) is 3.04. The van der Waals surface area contributed by atoms with Gasteiger partial charge in [-0.25, -0.2) is 0 Å². The molecule has 2 aromatic rings. The minimum absolute atomic E-state index is 0.0355. The number of amides is 1. The summed E-state index contributed by atoms with van der Waals surface area (Å²) >= 11 is 0. The number of anilines is 1. The van der Waals surface area contributed by atoms with Crippen molar-refractivity contribution in [2.45, 2.75) is 20.4 Å². The summed E-state index contributed by atoms with van der Waals surface area (Å²) in [7, 11) is 0. The summed E-state index contributed by atoms with van der Waals surface area (Å²) in [6, 6.07) is 15.9. The molecule has 104 valence electrons. The van der Waals surface area contributed by atoms with Gasteiger partial charge in [-0.2, -0.15) is 0 Å². The van der Waals surface area contributed by atoms with Gasteiger partial charge in [0.2, 0.25) is 0 Å². The molecule has 0 radical (unpaired) electrons. The Labute approximate surface area is 120 Å². The maximum absolute atomic E-state index is 11.8. The number of benzene rings is 2. The van der Waals surface area contributed by atoms with E-state index in [0.29, 0.717) is 12.1 Å². The Bertz CT molecular complexity index is 593. The van der Waals surface area contributed by atoms with Gasteiger partial charge < -0.3 is 10.6 Å². The number of rotatable bonds is 5. The maximum atomic E-state index is 11.8. The zero-order valence-corrected chi connectivity index (χ0v) is 11.9. The molecule has 0 aromatic heterocycles. The molecule has 0 atom stereocenters. The van der Waals surface area contributed by atoms with Crippen molar-refractivity contribution in [2.75, 3.05) is 11.9 Å². The number of hydrogen-bond acceptors (Lipinski definition) is 2. The molecule has 0 saturated carbocycles. The Balaban J connectivity index is 2.03. The van der Waals surface area contributed by atoms with Gasteiger partial charge in [-0.15, -0.1) is 0 Å². The second-order valence-electron chi connectivity index (χ2n) is 4.78. The quantitative estimate of drug-likeness (QED) is 0.873. The zero-order chi connectivity index (χ0) is 14.4. The van der Waals surface area contributed by atoms with Crippen LogP contribution in [0, 0.1) is 6.92 Å². The third-order valence-electron chi connectivity index (χ3n) is 3.04. The largest absolute Gasteiger partial charge is 0.381 e. The molecule has 2 aromatic carbocycles. The second kappa shape index (κ2) is 6.75. The molecule has 0 spiro atoms. The number of nitrogens with one attached hydrogen (secondary N) is 2. The van der Waals surface area contributed by atoms with Gasteiger partial charge in [0.1, 0.15) is 0 Å². The van der Waals surface area contributed by atoms with Crippen molar-refractivity contribution < 1.29 is 4.79 Å². The van der Waals surface area contributed by atoms with E-state index in [-0.39, 0.29) is 5.91 Å². The highest BCUT2D eigenvalue weighted by atomic mass is 16.1. The Kier molecular flexibility index (Phi) is 4.77. The molecule has 0 aliphatic heterocycles. The summed E-state index contributed by atoms with van der Waals surface area (Å²) < 4.78 is 0. The molecular weight excluding hydrogens is 248 g/mol. The van der Waals surface area contributed by atoms with Crippen LogP contribution >= 0.6 is 0 Å². The monoisotopic (exact) mass is 268 g/mol. The maximum Gasteiger partial charge on any atom is 0.251 e. The fraction of sp³-hybridized carbons (Fsp3) is 0.235. The summed E-state index contributed by atoms with van der Waals surface area (Å²) in [4.78, 5) is 11.8. The Morgan fingerprint density at radius 3 is 2.65 bits per heavy atom. The Hall–Kier alpha value is -2.29. The van der Waals surface area contributed by atoms with Crippen molar-refractivity contribution in [3.8, 4) is 0 Å². The lowest BCUT2D eigenvalue weighted by molar-refractivity contribution is 0.0956. The van der Waals surface area contributed by atoms with Crippen LogP contribution in [0.15, 0.2) is 48.5 Å². The molecule has 2 rings (SSSR count). The molecule has 0 heterocycles. The van der Waals surface area contributed by atoms with Crippen LogP contribution in [0.3, 0.4) is 0 Å². The van der Waals surface area contributed by atoms with E-state index in [1.54, 1.807) is 0 Å². The fourth-order valence-electron chi connectivity index (χ4n) is 2.06. The average molecular weight is 268 g/mol. The first-order valence-corrected chi connectivity index (χ1v) is 6.86. The highest BCUT2D eigenvalue weighted by molar-refractivity contribution is 5.95. The van der Waals surface area contributed by atoms with Gasteiger partial charge in [-0.3, -0.25) is 4.79 Å². The van der Waals surface area contributed by atoms with Gasteiger partial charge in [0.15, 0.2) is 0 Å². The molecule has 3 heteroatoms. The smallest absolute Gasteiger partial charge is 0.251 e. The molecule has 0 fully saturated rings. The lowest BCUT2D eigenvalue weighted by Gasteiger charge is -2.09. The number of carbonyl (C=O) groups is 1. The minimum atomic E-state index is -0.0355. The van der Waals surface area contributed by atoms with Crippen LogP contribution in [0.25, 0.3) is 0 Å². The van der Waals surface area contributed by atoms with Crippen molar-refractivity contribution in [2.24, 2.45) is 0 Å². The Morgan fingerprint density at radius 2 is 1.90 bits per heavy atom. The highest BCUT2D eigenvalue weighted by Gasteiger charge is 2.04. The molecule has 20 heavy (non-hydrogen) atoms. The summed E-state index contributed by atoms with van der Waals surface area (Å²) in [6.07, 6.45) is 0. The summed E-state index contributed by atoms with van der Waals surface area (Å²) in [5.74, 6) is -0.0355. The second-order valence-corrected chi connectivity index (χ2v) is 4.78. The SMILES string of the molecule is CCNC(=O)c1cccc(NCc2cccc(C)c2)c1. The zero-order valence-electron chi connectivity index (χ0n) is 11.9. The van der Waals surface area contributed by atoms with E-state index in [9.17, 15) is 4.79 Å². The molecule has 0 bridgehead atoms. The minimum Gasteiger partial charge on any atom is -0.381 e. The van der Waals surface area contributed by atoms with Gasteiger partial charge in [0.25, 0.3) is 5.91 Å². The first kappa shape index (κ1) is 14.1. The number of carbonyl (C=O) groups excluding carboxylic acids is 1. The molecule has 0 aliphatic carbocycles. The predicted molar refractivity (Wildman–Crippen MR) is 83.0 cm³/mol. The van der Waals surface area contributed by atoms with Crippen molar-refractivity contribution in [1.29, 1.82) is 0 Å². The van der Waals surface area contributed by atoms with E-state index in [0.717, 1.165) is 12.2 Å². The molecule has 3 nitrogen and oxygen atoms in total. The first-order valence-electron chi connectivity index (χ1n) is 6.86. The topological polar surface area (TPSA) is 41.1 Å². The van der Waals surface area contributed by atoms with E-state index in [4.69, 9.17) is 0 Å². The van der Waals surface area contributed by atoms with E-state index in [1.807, 2.05) is 31.2 Å². The van der Waals surface area contributed by atoms with Crippen molar-refractivity contribution in [3.05, 3.63) is 65.2 Å². The van der Waals surface area contributed by atoms with Crippen LogP contribution in [-0.2, 0) is 6.54 Å². The van der Waals surface area contributed by atoms with Crippen LogP contribution in [0.4, 0.5) is 5.69 Å². The standard InChI is InChI=1S/C17H20N2O/c1-3-18-17(20)15-8-5-9-16(11-15)19-12-14-7-4-6-13(2)10-14/h4-11,19H,3,12H2,1-2H3,(H,18,20). The lowest BCUT2D eigenvalue weighted by atomic mass is 10.1. The van der Waals surface area contributed by atoms with Gasteiger partial charge in [-0.1, -0.05) is 35.9 Å². The van der Waals surface area contributed by atoms with E-state index in [1.165, 1.54) is 11.1 Å². The van der Waals surface area contributed by atoms with Crippen LogP contribution < -0.4 is 10.6 Å². The van der Waals surface area contributed by atoms with Crippen LogP contribution in [0.2, 0.25) is 0 Å². The summed E-state index contributed by atoms with van der Waals surface area (Å²) in [5, 5.41) is 6.15. The van der Waals surface area contributed by atoms with Gasteiger partial charge >= 0.3 is 0 Å². The highest BCUT2D eigenvalue weighted by Crippen LogP contribution is 2.13.